The van der Waals surface area contributed by atoms with Gasteiger partial charge in [-0.3, -0.25) is 0 Å². The van der Waals surface area contributed by atoms with Crippen LogP contribution in [0.15, 0.2) is 54.9 Å². The summed E-state index contributed by atoms with van der Waals surface area (Å²) in [7, 11) is 1.39. The number of hydrogen-bond acceptors (Lipinski definition) is 5. The fraction of sp³-hybridized carbons (Fsp3) is 0.276. The number of nitrogens with zero attached hydrogens (tertiary/aromatic N) is 2. The summed E-state index contributed by atoms with van der Waals surface area (Å²) in [6, 6.07) is 13.9. The number of carbonyl (C=O) groups is 1. The molecule has 5 rings (SSSR count). The van der Waals surface area contributed by atoms with Gasteiger partial charge in [0.05, 0.1) is 29.1 Å². The minimum Gasteiger partial charge on any atom is -0.467 e. The number of nitrogens with one attached hydrogen (secondary N) is 1. The van der Waals surface area contributed by atoms with E-state index in [4.69, 9.17) is 26.1 Å². The number of thiazole rings is 1. The molecule has 0 aliphatic heterocycles. The highest BCUT2D eigenvalue weighted by molar-refractivity contribution is 7.22. The molecular weight excluding hydrogens is 506 g/mol. The maximum absolute atomic E-state index is 13.1. The minimum atomic E-state index is -0.902. The van der Waals surface area contributed by atoms with E-state index in [1.54, 1.807) is 11.3 Å². The molecule has 1 N–H and O–H groups in total. The van der Waals surface area contributed by atoms with Crippen molar-refractivity contribution in [3.8, 4) is 21.7 Å². The molecule has 0 spiro atoms. The van der Waals surface area contributed by atoms with E-state index in [-0.39, 0.29) is 0 Å². The van der Waals surface area contributed by atoms with Crippen LogP contribution in [0.4, 0.5) is 0 Å². The molecular formula is C29H29ClN3O3S+. The lowest BCUT2D eigenvalue weighted by Gasteiger charge is -2.28. The molecule has 0 bridgehead atoms. The van der Waals surface area contributed by atoms with Crippen molar-refractivity contribution < 1.29 is 18.8 Å². The van der Waals surface area contributed by atoms with Crippen LogP contribution in [-0.2, 0) is 14.3 Å². The second kappa shape index (κ2) is 9.56. The Morgan fingerprint density at radius 2 is 1.81 bits per heavy atom. The predicted molar refractivity (Wildman–Crippen MR) is 148 cm³/mol. The van der Waals surface area contributed by atoms with Crippen molar-refractivity contribution in [3.63, 3.8) is 0 Å². The van der Waals surface area contributed by atoms with Gasteiger partial charge in [-0.05, 0) is 63.9 Å². The van der Waals surface area contributed by atoms with Crippen LogP contribution >= 0.6 is 22.9 Å². The smallest absolute Gasteiger partial charge is 0.339 e. The van der Waals surface area contributed by atoms with E-state index in [1.165, 1.54) is 7.11 Å². The molecule has 3 heterocycles. The highest BCUT2D eigenvalue weighted by atomic mass is 35.5. The van der Waals surface area contributed by atoms with Crippen LogP contribution in [0.1, 0.15) is 43.6 Å². The summed E-state index contributed by atoms with van der Waals surface area (Å²) in [5, 5.41) is 4.76. The molecule has 0 amide bonds. The number of rotatable bonds is 5. The molecule has 0 aliphatic carbocycles. The number of pyridine rings is 1. The zero-order valence-electron chi connectivity index (χ0n) is 21.7. The second-order valence-electron chi connectivity index (χ2n) is 10.1. The van der Waals surface area contributed by atoms with Crippen LogP contribution in [0, 0.1) is 13.8 Å². The summed E-state index contributed by atoms with van der Waals surface area (Å²) in [5.41, 5.74) is 7.09. The number of aromatic amines is 1. The Hall–Kier alpha value is -3.26. The van der Waals surface area contributed by atoms with Gasteiger partial charge < -0.3 is 9.47 Å². The first-order chi connectivity index (χ1) is 17.6. The van der Waals surface area contributed by atoms with Gasteiger partial charge in [0, 0.05) is 39.4 Å². The third-order valence-electron chi connectivity index (χ3n) is 6.24. The lowest BCUT2D eigenvalue weighted by Crippen LogP contribution is -2.29. The molecule has 0 unspecified atom stereocenters. The molecule has 5 aromatic rings. The summed E-state index contributed by atoms with van der Waals surface area (Å²) in [6.07, 6.45) is 3.08. The fourth-order valence-electron chi connectivity index (χ4n) is 4.55. The first-order valence-corrected chi connectivity index (χ1v) is 13.2. The van der Waals surface area contributed by atoms with Crippen molar-refractivity contribution in [1.29, 1.82) is 0 Å². The first kappa shape index (κ1) is 25.4. The van der Waals surface area contributed by atoms with Crippen molar-refractivity contribution >= 4 is 44.6 Å². The lowest BCUT2D eigenvalue weighted by atomic mass is 9.91. The average Bonchev–Trinajstić information content (AvgIpc) is 3.44. The first-order valence-electron chi connectivity index (χ1n) is 12.0. The quantitative estimate of drug-likeness (QED) is 0.195. The molecule has 0 radical (unpaired) electrons. The van der Waals surface area contributed by atoms with Crippen molar-refractivity contribution in [2.45, 2.75) is 46.3 Å². The third kappa shape index (κ3) is 4.87. The molecule has 0 aliphatic rings. The normalized spacial score (nSPS) is 12.8. The van der Waals surface area contributed by atoms with E-state index in [1.807, 2.05) is 74.9 Å². The summed E-state index contributed by atoms with van der Waals surface area (Å²) in [6.45, 7) is 9.85. The number of methoxy groups -OCH3 is 1. The minimum absolute atomic E-state index is 0.442. The highest BCUT2D eigenvalue weighted by Crippen LogP contribution is 2.44. The molecule has 3 aromatic heterocycles. The van der Waals surface area contributed by atoms with Gasteiger partial charge in [0.25, 0.3) is 0 Å². The number of halogens is 1. The van der Waals surface area contributed by atoms with Gasteiger partial charge in [-0.1, -0.05) is 28.2 Å². The monoisotopic (exact) mass is 534 g/mol. The number of esters is 1. The molecule has 8 heteroatoms. The summed E-state index contributed by atoms with van der Waals surface area (Å²) < 4.78 is 14.5. The van der Waals surface area contributed by atoms with E-state index >= 15 is 0 Å². The third-order valence-corrected chi connectivity index (χ3v) is 7.63. The lowest BCUT2D eigenvalue weighted by molar-refractivity contribution is -0.576. The largest absolute Gasteiger partial charge is 0.467 e. The number of ether oxygens (including phenoxy) is 2. The zero-order chi connectivity index (χ0) is 26.5. The second-order valence-corrected chi connectivity index (χ2v) is 11.6. The van der Waals surface area contributed by atoms with Crippen LogP contribution in [0.5, 0.6) is 0 Å². The summed E-state index contributed by atoms with van der Waals surface area (Å²) in [5.74, 6) is -0.442. The molecule has 37 heavy (non-hydrogen) atoms. The van der Waals surface area contributed by atoms with Crippen LogP contribution in [0.3, 0.4) is 0 Å². The number of aromatic nitrogens is 3. The van der Waals surface area contributed by atoms with E-state index in [0.717, 1.165) is 54.1 Å². The molecule has 1 atom stereocenters. The molecule has 190 valence electrons. The van der Waals surface area contributed by atoms with Crippen LogP contribution in [-0.4, -0.2) is 28.8 Å². The Morgan fingerprint density at radius 3 is 2.49 bits per heavy atom. The number of carbonyl (C=O) groups excluding carboxylic acids is 1. The van der Waals surface area contributed by atoms with E-state index in [2.05, 4.69) is 24.2 Å². The van der Waals surface area contributed by atoms with Crippen molar-refractivity contribution in [2.24, 2.45) is 0 Å². The Balaban J connectivity index is 1.79. The van der Waals surface area contributed by atoms with Crippen LogP contribution < -0.4 is 4.52 Å². The zero-order valence-corrected chi connectivity index (χ0v) is 23.3. The van der Waals surface area contributed by atoms with Gasteiger partial charge in [-0.15, -0.1) is 11.3 Å². The van der Waals surface area contributed by atoms with Crippen LogP contribution in [0.25, 0.3) is 37.4 Å². The fourth-order valence-corrected chi connectivity index (χ4v) is 5.80. The van der Waals surface area contributed by atoms with Crippen LogP contribution in [0.2, 0.25) is 5.02 Å². The predicted octanol–water partition coefficient (Wildman–Crippen LogP) is 7.00. The molecule has 0 saturated carbocycles. The average molecular weight is 535 g/mol. The van der Waals surface area contributed by atoms with E-state index < -0.39 is 17.7 Å². The number of hydrogen-bond donors (Lipinski definition) is 1. The van der Waals surface area contributed by atoms with E-state index in [0.29, 0.717) is 5.02 Å². The number of benzene rings is 2. The summed E-state index contributed by atoms with van der Waals surface area (Å²) >= 11 is 7.83. The van der Waals surface area contributed by atoms with E-state index in [9.17, 15) is 4.79 Å². The van der Waals surface area contributed by atoms with Crippen molar-refractivity contribution in [1.82, 2.24) is 10.1 Å². The topological polar surface area (TPSA) is 68.3 Å². The van der Waals surface area contributed by atoms with Gasteiger partial charge in [0.2, 0.25) is 11.7 Å². The number of aryl methyl sites for hydroxylation is 2. The molecule has 6 nitrogen and oxygen atoms in total. The molecule has 0 fully saturated rings. The van der Waals surface area contributed by atoms with Gasteiger partial charge in [0.1, 0.15) is 5.01 Å². The maximum atomic E-state index is 13.1. The van der Waals surface area contributed by atoms with Gasteiger partial charge in [-0.25, -0.2) is 9.78 Å². The van der Waals surface area contributed by atoms with Crippen molar-refractivity contribution in [2.75, 3.05) is 7.11 Å². The summed E-state index contributed by atoms with van der Waals surface area (Å²) in [4.78, 5) is 18.1. The molecule has 2 aromatic carbocycles. The Kier molecular flexibility index (Phi) is 6.56. The van der Waals surface area contributed by atoms with Gasteiger partial charge >= 0.3 is 5.97 Å². The Bertz CT molecular complexity index is 1630. The van der Waals surface area contributed by atoms with Crippen molar-refractivity contribution in [3.05, 3.63) is 76.6 Å². The maximum Gasteiger partial charge on any atom is 0.339 e. The number of H-pyrrole nitrogens is 1. The van der Waals surface area contributed by atoms with Gasteiger partial charge in [-0.2, -0.15) is 5.10 Å². The number of fused-ring (bicyclic) bond motifs is 2. The highest BCUT2D eigenvalue weighted by Gasteiger charge is 2.33. The SMILES string of the molecule is COC(=O)[C@@H](OC(C)(C)C)c1c(C)cc2nc(-c3cc[n+]4[nH]cc(C)c4c3)sc2c1-c1ccc(Cl)cc1. The molecule has 0 saturated heterocycles. The Morgan fingerprint density at radius 1 is 1.08 bits per heavy atom. The Labute approximate surface area is 224 Å². The standard InChI is InChI=1S/C29H28ClN3O3S/c1-16-13-21-26(37-27(32-21)19-11-12-33-22(14-19)17(2)15-31-33)24(18-7-9-20(30)10-8-18)23(16)25(28(34)35-6)36-29(3,4)5/h7-15,25H,1-6H3/p+1/t25-/m0/s1. The van der Waals surface area contributed by atoms with Gasteiger partial charge in [0.15, 0.2) is 6.10 Å².